The first-order chi connectivity index (χ1) is 6.72. The van der Waals surface area contributed by atoms with Crippen LogP contribution in [0.4, 0.5) is 0 Å². The van der Waals surface area contributed by atoms with E-state index >= 15 is 0 Å². The van der Waals surface area contributed by atoms with Crippen LogP contribution in [-0.4, -0.2) is 11.5 Å². The molecule has 14 heavy (non-hydrogen) atoms. The van der Waals surface area contributed by atoms with Crippen LogP contribution in [0.25, 0.3) is 0 Å². The molecule has 0 aliphatic carbocycles. The van der Waals surface area contributed by atoms with Crippen LogP contribution in [0.2, 0.25) is 5.02 Å². The van der Waals surface area contributed by atoms with Gasteiger partial charge in [0.15, 0.2) is 0 Å². The largest absolute Gasteiger partial charge is 0.175 e. The summed E-state index contributed by atoms with van der Waals surface area (Å²) in [6.45, 7) is 3.90. The molecule has 0 nitrogen and oxygen atoms in total. The number of benzene rings is 1. The lowest BCUT2D eigenvalue weighted by Crippen LogP contribution is -1.88. The normalized spacial score (nSPS) is 10.1. The highest BCUT2D eigenvalue weighted by Crippen LogP contribution is 2.17. The Morgan fingerprint density at radius 1 is 1.36 bits per heavy atom. The highest BCUT2D eigenvalue weighted by Gasteiger charge is 1.95. The molecule has 0 N–H and O–H groups in total. The topological polar surface area (TPSA) is 0 Å². The van der Waals surface area contributed by atoms with Gasteiger partial charge in [-0.25, -0.2) is 0 Å². The lowest BCUT2D eigenvalue weighted by Gasteiger charge is -2.02. The van der Waals surface area contributed by atoms with Crippen LogP contribution in [0, 0.1) is 0 Å². The third-order valence-electron chi connectivity index (χ3n) is 1.71. The summed E-state index contributed by atoms with van der Waals surface area (Å²) in [6, 6.07) is 7.95. The van der Waals surface area contributed by atoms with Crippen molar-refractivity contribution in [3.05, 3.63) is 47.0 Å². The molecular weight excluding hydrogens is 232 g/mol. The summed E-state index contributed by atoms with van der Waals surface area (Å²) in [7, 11) is 0. The number of halogens is 1. The minimum absolute atomic E-state index is 0.771. The molecule has 0 bridgehead atoms. The second kappa shape index (κ2) is 6.44. The summed E-state index contributed by atoms with van der Waals surface area (Å²) in [6.07, 6.45) is 0. The number of hydrogen-bond donors (Lipinski definition) is 1. The number of rotatable bonds is 5. The summed E-state index contributed by atoms with van der Waals surface area (Å²) in [5.74, 6) is 2.75. The third kappa shape index (κ3) is 4.45. The second-order valence-electron chi connectivity index (χ2n) is 3.03. The predicted octanol–water partition coefficient (Wildman–Crippen LogP) is 4.06. The fraction of sp³-hybridized carbons (Fsp3) is 0.273. The molecule has 0 heterocycles. The van der Waals surface area contributed by atoms with E-state index in [2.05, 4.69) is 31.3 Å². The Bertz CT molecular complexity index is 293. The van der Waals surface area contributed by atoms with Crippen LogP contribution in [-0.2, 0) is 5.75 Å². The van der Waals surface area contributed by atoms with E-state index in [0.717, 1.165) is 22.3 Å². The molecule has 76 valence electrons. The van der Waals surface area contributed by atoms with Crippen LogP contribution in [0.1, 0.15) is 5.56 Å². The van der Waals surface area contributed by atoms with Gasteiger partial charge in [-0.05, 0) is 17.7 Å². The highest BCUT2D eigenvalue weighted by atomic mass is 35.5. The van der Waals surface area contributed by atoms with Crippen LogP contribution in [0.5, 0.6) is 0 Å². The maximum atomic E-state index is 5.79. The fourth-order valence-corrected chi connectivity index (χ4v) is 2.25. The number of hydrogen-bond acceptors (Lipinski definition) is 2. The van der Waals surface area contributed by atoms with Gasteiger partial charge in [-0.3, -0.25) is 0 Å². The van der Waals surface area contributed by atoms with Crippen molar-refractivity contribution in [2.45, 2.75) is 5.75 Å². The van der Waals surface area contributed by atoms with E-state index in [4.69, 9.17) is 11.6 Å². The molecular formula is C11H13ClS2. The van der Waals surface area contributed by atoms with E-state index in [9.17, 15) is 0 Å². The first-order valence-electron chi connectivity index (χ1n) is 4.32. The Morgan fingerprint density at radius 3 is 2.57 bits per heavy atom. The summed E-state index contributed by atoms with van der Waals surface area (Å²) >= 11 is 11.8. The first kappa shape index (κ1) is 12.0. The van der Waals surface area contributed by atoms with E-state index in [1.165, 1.54) is 11.1 Å². The molecule has 0 amide bonds. The van der Waals surface area contributed by atoms with Gasteiger partial charge in [0.2, 0.25) is 0 Å². The fourth-order valence-electron chi connectivity index (χ4n) is 0.939. The van der Waals surface area contributed by atoms with Crippen molar-refractivity contribution in [2.24, 2.45) is 0 Å². The molecule has 0 radical (unpaired) electrons. The Labute approximate surface area is 100 Å². The molecule has 0 saturated carbocycles. The summed E-state index contributed by atoms with van der Waals surface area (Å²) in [5, 5.41) is 0.790. The minimum Gasteiger partial charge on any atom is -0.175 e. The van der Waals surface area contributed by atoms with Crippen molar-refractivity contribution in [2.75, 3.05) is 11.5 Å². The summed E-state index contributed by atoms with van der Waals surface area (Å²) in [5.41, 5.74) is 2.47. The van der Waals surface area contributed by atoms with E-state index in [1.54, 1.807) is 0 Å². The summed E-state index contributed by atoms with van der Waals surface area (Å²) in [4.78, 5) is 0. The van der Waals surface area contributed by atoms with Crippen LogP contribution in [0.3, 0.4) is 0 Å². The molecule has 0 fully saturated rings. The van der Waals surface area contributed by atoms with Gasteiger partial charge in [0, 0.05) is 22.3 Å². The van der Waals surface area contributed by atoms with Crippen molar-refractivity contribution in [1.82, 2.24) is 0 Å². The molecule has 0 unspecified atom stereocenters. The van der Waals surface area contributed by atoms with Crippen molar-refractivity contribution >= 4 is 36.0 Å². The Hall–Kier alpha value is -0.0500. The van der Waals surface area contributed by atoms with E-state index in [-0.39, 0.29) is 0 Å². The monoisotopic (exact) mass is 244 g/mol. The van der Waals surface area contributed by atoms with E-state index in [0.29, 0.717) is 0 Å². The van der Waals surface area contributed by atoms with Gasteiger partial charge in [-0.1, -0.05) is 35.9 Å². The van der Waals surface area contributed by atoms with Crippen LogP contribution >= 0.6 is 36.0 Å². The van der Waals surface area contributed by atoms with Gasteiger partial charge in [0.1, 0.15) is 0 Å². The molecule has 0 atom stereocenters. The number of thioether (sulfide) groups is 1. The average Bonchev–Trinajstić information content (AvgIpc) is 2.21. The Kier molecular flexibility index (Phi) is 5.53. The molecule has 0 aromatic heterocycles. The quantitative estimate of drug-likeness (QED) is 0.602. The second-order valence-corrected chi connectivity index (χ2v) is 4.77. The molecule has 1 aromatic rings. The Balaban J connectivity index is 2.31. The smallest absolute Gasteiger partial charge is 0.0406 e. The van der Waals surface area contributed by atoms with Gasteiger partial charge in [-0.2, -0.15) is 24.4 Å². The van der Waals surface area contributed by atoms with Gasteiger partial charge in [-0.15, -0.1) is 0 Å². The predicted molar refractivity (Wildman–Crippen MR) is 70.6 cm³/mol. The van der Waals surface area contributed by atoms with Gasteiger partial charge < -0.3 is 0 Å². The molecule has 1 rings (SSSR count). The van der Waals surface area contributed by atoms with Gasteiger partial charge in [0.25, 0.3) is 0 Å². The van der Waals surface area contributed by atoms with Crippen molar-refractivity contribution in [3.63, 3.8) is 0 Å². The van der Waals surface area contributed by atoms with Crippen LogP contribution < -0.4 is 0 Å². The van der Waals surface area contributed by atoms with Crippen molar-refractivity contribution in [3.8, 4) is 0 Å². The average molecular weight is 245 g/mol. The van der Waals surface area contributed by atoms with E-state index in [1.807, 2.05) is 23.9 Å². The maximum absolute atomic E-state index is 5.79. The first-order valence-corrected chi connectivity index (χ1v) is 6.48. The van der Waals surface area contributed by atoms with Crippen molar-refractivity contribution in [1.29, 1.82) is 0 Å². The molecule has 0 aliphatic heterocycles. The molecule has 0 saturated heterocycles. The molecule has 0 spiro atoms. The zero-order valence-corrected chi connectivity index (χ0v) is 10.3. The van der Waals surface area contributed by atoms with Crippen molar-refractivity contribution < 1.29 is 0 Å². The zero-order valence-electron chi connectivity index (χ0n) is 7.87. The van der Waals surface area contributed by atoms with Crippen LogP contribution in [0.15, 0.2) is 36.4 Å². The third-order valence-corrected chi connectivity index (χ3v) is 3.56. The van der Waals surface area contributed by atoms with Gasteiger partial charge >= 0.3 is 0 Å². The molecule has 1 aromatic carbocycles. The zero-order chi connectivity index (χ0) is 10.4. The minimum atomic E-state index is 0.771. The summed E-state index contributed by atoms with van der Waals surface area (Å²) < 4.78 is 0. The number of thiol groups is 1. The standard InChI is InChI=1S/C11H13ClS2/c1-9(6-13)7-14-8-10-2-4-11(12)5-3-10/h2-5,13H,1,6-8H2. The lowest BCUT2D eigenvalue weighted by molar-refractivity contribution is 1.39. The van der Waals surface area contributed by atoms with Gasteiger partial charge in [0.05, 0.1) is 0 Å². The Morgan fingerprint density at radius 2 is 2.00 bits per heavy atom. The lowest BCUT2D eigenvalue weighted by atomic mass is 10.2. The maximum Gasteiger partial charge on any atom is 0.0406 e. The van der Waals surface area contributed by atoms with E-state index < -0.39 is 0 Å². The highest BCUT2D eigenvalue weighted by molar-refractivity contribution is 7.98. The molecule has 0 aliphatic rings. The molecule has 3 heteroatoms. The SMILES string of the molecule is C=C(CS)CSCc1ccc(Cl)cc1.